The van der Waals surface area contributed by atoms with Crippen LogP contribution >= 0.6 is 0 Å². The number of benzene rings is 2. The number of carbonyl (C=O) groups excluding carboxylic acids is 2. The van der Waals surface area contributed by atoms with Crippen molar-refractivity contribution in [1.29, 1.82) is 0 Å². The summed E-state index contributed by atoms with van der Waals surface area (Å²) in [7, 11) is -3.63. The molecule has 0 saturated heterocycles. The Hall–Kier alpha value is -2.67. The topological polar surface area (TPSA) is 83.6 Å². The molecule has 2 aromatic carbocycles. The maximum atomic E-state index is 12.2. The monoisotopic (exact) mass is 388 g/mol. The fourth-order valence-electron chi connectivity index (χ4n) is 2.61. The third-order valence-corrected chi connectivity index (χ3v) is 5.20. The molecule has 2 aromatic rings. The number of sulfonamides is 1. The van der Waals surface area contributed by atoms with Gasteiger partial charge in [0.05, 0.1) is 11.9 Å². The fraction of sp³-hybridized carbons (Fsp3) is 0.300. The second-order valence-corrected chi connectivity index (χ2v) is 8.22. The van der Waals surface area contributed by atoms with Gasteiger partial charge in [-0.15, -0.1) is 0 Å². The second-order valence-electron chi connectivity index (χ2n) is 6.31. The van der Waals surface area contributed by atoms with Crippen LogP contribution in [0.2, 0.25) is 0 Å². The van der Waals surface area contributed by atoms with Crippen molar-refractivity contribution in [3.63, 3.8) is 0 Å². The number of rotatable bonds is 9. The van der Waals surface area contributed by atoms with Crippen LogP contribution in [-0.2, 0) is 21.2 Å². The zero-order valence-electron chi connectivity index (χ0n) is 15.5. The minimum Gasteiger partial charge on any atom is -0.355 e. The lowest BCUT2D eigenvalue weighted by molar-refractivity contribution is -0.119. The minimum absolute atomic E-state index is 0.108. The summed E-state index contributed by atoms with van der Waals surface area (Å²) < 4.78 is 25.2. The van der Waals surface area contributed by atoms with E-state index in [0.717, 1.165) is 23.4 Å². The fourth-order valence-corrected chi connectivity index (χ4v) is 3.47. The second kappa shape index (κ2) is 9.32. The number of nitrogens with one attached hydrogen (secondary N) is 1. The summed E-state index contributed by atoms with van der Waals surface area (Å²) in [4.78, 5) is 23.5. The van der Waals surface area contributed by atoms with Crippen molar-refractivity contribution in [2.24, 2.45) is 0 Å². The van der Waals surface area contributed by atoms with Crippen LogP contribution in [-0.4, -0.2) is 39.5 Å². The number of ketones is 1. The van der Waals surface area contributed by atoms with E-state index in [-0.39, 0.29) is 18.2 Å². The van der Waals surface area contributed by atoms with E-state index in [1.54, 1.807) is 12.1 Å². The Balaban J connectivity index is 1.93. The third kappa shape index (κ3) is 6.53. The number of nitrogens with zero attached hydrogens (tertiary/aromatic N) is 1. The molecule has 0 bridgehead atoms. The van der Waals surface area contributed by atoms with Gasteiger partial charge < -0.3 is 5.32 Å². The zero-order valence-corrected chi connectivity index (χ0v) is 16.3. The Morgan fingerprint density at radius 2 is 1.63 bits per heavy atom. The van der Waals surface area contributed by atoms with Gasteiger partial charge in [-0.25, -0.2) is 8.42 Å². The summed E-state index contributed by atoms with van der Waals surface area (Å²) in [6, 6.07) is 16.1. The molecule has 1 amide bonds. The molecule has 0 aliphatic carbocycles. The number of Topliss-reactive ketones (excluding diaryl/α,β-unsaturated/α-hetero) is 1. The van der Waals surface area contributed by atoms with Gasteiger partial charge in [0.25, 0.3) is 0 Å². The molecular formula is C20H24N2O4S. The largest absolute Gasteiger partial charge is 0.355 e. The predicted octanol–water partition coefficient (Wildman–Crippen LogP) is 2.40. The van der Waals surface area contributed by atoms with Crippen LogP contribution in [0.15, 0.2) is 54.6 Å². The molecule has 0 aliphatic rings. The summed E-state index contributed by atoms with van der Waals surface area (Å²) in [5.41, 5.74) is 2.02. The van der Waals surface area contributed by atoms with Crippen molar-refractivity contribution in [3.05, 3.63) is 65.7 Å². The van der Waals surface area contributed by atoms with Crippen molar-refractivity contribution in [2.75, 3.05) is 23.7 Å². The average Bonchev–Trinajstić information content (AvgIpc) is 2.63. The highest BCUT2D eigenvalue weighted by Gasteiger charge is 2.20. The maximum Gasteiger partial charge on any atom is 0.240 e. The average molecular weight is 388 g/mol. The van der Waals surface area contributed by atoms with Gasteiger partial charge in [-0.3, -0.25) is 13.9 Å². The molecule has 0 heterocycles. The smallest absolute Gasteiger partial charge is 0.240 e. The first-order valence-electron chi connectivity index (χ1n) is 8.66. The first-order valence-corrected chi connectivity index (χ1v) is 10.5. The number of aryl methyl sites for hydroxylation is 1. The molecule has 0 radical (unpaired) electrons. The highest BCUT2D eigenvalue weighted by atomic mass is 32.2. The van der Waals surface area contributed by atoms with E-state index in [9.17, 15) is 18.0 Å². The van der Waals surface area contributed by atoms with Gasteiger partial charge in [-0.05, 0) is 49.6 Å². The predicted molar refractivity (Wildman–Crippen MR) is 106 cm³/mol. The van der Waals surface area contributed by atoms with Gasteiger partial charge in [0.2, 0.25) is 15.9 Å². The summed E-state index contributed by atoms with van der Waals surface area (Å²) >= 11 is 0. The SMILES string of the molecule is CC(=O)c1ccc(N(CC(=O)NCCCc2ccccc2)S(C)(=O)=O)cc1. The van der Waals surface area contributed by atoms with E-state index in [4.69, 9.17) is 0 Å². The Bertz CT molecular complexity index is 878. The number of hydrogen-bond acceptors (Lipinski definition) is 4. The van der Waals surface area contributed by atoms with Gasteiger partial charge in [0.1, 0.15) is 6.54 Å². The van der Waals surface area contributed by atoms with Crippen LogP contribution in [0.3, 0.4) is 0 Å². The van der Waals surface area contributed by atoms with Crippen molar-refractivity contribution in [3.8, 4) is 0 Å². The Morgan fingerprint density at radius 3 is 2.19 bits per heavy atom. The van der Waals surface area contributed by atoms with Gasteiger partial charge in [0.15, 0.2) is 5.78 Å². The number of anilines is 1. The highest BCUT2D eigenvalue weighted by Crippen LogP contribution is 2.18. The zero-order chi connectivity index (χ0) is 19.9. The van der Waals surface area contributed by atoms with E-state index in [2.05, 4.69) is 5.32 Å². The summed E-state index contributed by atoms with van der Waals surface area (Å²) in [6.45, 7) is 1.60. The number of amides is 1. The summed E-state index contributed by atoms with van der Waals surface area (Å²) in [6.07, 6.45) is 2.65. The molecular weight excluding hydrogens is 364 g/mol. The standard InChI is InChI=1S/C20H24N2O4S/c1-16(23)18-10-12-19(13-11-18)22(27(2,25)26)15-20(24)21-14-6-9-17-7-4-3-5-8-17/h3-5,7-8,10-13H,6,9,14-15H2,1-2H3,(H,21,24). The molecule has 0 atom stereocenters. The van der Waals surface area contributed by atoms with Crippen molar-refractivity contribution >= 4 is 27.4 Å². The lowest BCUT2D eigenvalue weighted by Crippen LogP contribution is -2.40. The quantitative estimate of drug-likeness (QED) is 0.528. The molecule has 144 valence electrons. The molecule has 0 saturated carbocycles. The Kier molecular flexibility index (Phi) is 7.12. The molecule has 6 nitrogen and oxygen atoms in total. The van der Waals surface area contributed by atoms with Crippen LogP contribution < -0.4 is 9.62 Å². The van der Waals surface area contributed by atoms with E-state index in [1.165, 1.54) is 24.6 Å². The van der Waals surface area contributed by atoms with E-state index >= 15 is 0 Å². The Morgan fingerprint density at radius 1 is 1.00 bits per heavy atom. The summed E-state index contributed by atoms with van der Waals surface area (Å²) in [5.74, 6) is -0.479. The molecule has 0 fully saturated rings. The molecule has 0 aliphatic heterocycles. The number of hydrogen-bond donors (Lipinski definition) is 1. The molecule has 0 spiro atoms. The lowest BCUT2D eigenvalue weighted by atomic mass is 10.1. The maximum absolute atomic E-state index is 12.2. The number of carbonyl (C=O) groups is 2. The third-order valence-electron chi connectivity index (χ3n) is 4.06. The molecule has 2 rings (SSSR count). The van der Waals surface area contributed by atoms with Crippen LogP contribution in [0.5, 0.6) is 0 Å². The van der Waals surface area contributed by atoms with Crippen LogP contribution in [0, 0.1) is 0 Å². The molecule has 1 N–H and O–H groups in total. The highest BCUT2D eigenvalue weighted by molar-refractivity contribution is 7.92. The molecule has 27 heavy (non-hydrogen) atoms. The molecule has 0 aromatic heterocycles. The van der Waals surface area contributed by atoms with Crippen molar-refractivity contribution in [1.82, 2.24) is 5.32 Å². The normalized spacial score (nSPS) is 11.0. The van der Waals surface area contributed by atoms with E-state index < -0.39 is 10.0 Å². The molecule has 7 heteroatoms. The molecule has 0 unspecified atom stereocenters. The van der Waals surface area contributed by atoms with Crippen LogP contribution in [0.4, 0.5) is 5.69 Å². The van der Waals surface area contributed by atoms with Gasteiger partial charge in [-0.1, -0.05) is 30.3 Å². The van der Waals surface area contributed by atoms with E-state index in [0.29, 0.717) is 17.8 Å². The van der Waals surface area contributed by atoms with Crippen molar-refractivity contribution < 1.29 is 18.0 Å². The minimum atomic E-state index is -3.63. The first-order chi connectivity index (χ1) is 12.8. The van der Waals surface area contributed by atoms with Gasteiger partial charge in [0, 0.05) is 12.1 Å². The van der Waals surface area contributed by atoms with Crippen LogP contribution in [0.25, 0.3) is 0 Å². The van der Waals surface area contributed by atoms with E-state index in [1.807, 2.05) is 30.3 Å². The van der Waals surface area contributed by atoms with Crippen LogP contribution in [0.1, 0.15) is 29.3 Å². The Labute approximate surface area is 160 Å². The van der Waals surface area contributed by atoms with Gasteiger partial charge in [-0.2, -0.15) is 0 Å². The van der Waals surface area contributed by atoms with Gasteiger partial charge >= 0.3 is 0 Å². The van der Waals surface area contributed by atoms with Crippen molar-refractivity contribution in [2.45, 2.75) is 19.8 Å². The first kappa shape index (κ1) is 20.6. The summed E-state index contributed by atoms with van der Waals surface area (Å²) in [5, 5.41) is 2.76. The lowest BCUT2D eigenvalue weighted by Gasteiger charge is -2.22.